The van der Waals surface area contributed by atoms with Gasteiger partial charge >= 0.3 is 0 Å². The molecule has 1 aromatic rings. The number of hydrogen-bond acceptors (Lipinski definition) is 3. The lowest BCUT2D eigenvalue weighted by molar-refractivity contribution is -0.132. The number of likely N-dealkylation sites (N-methyl/N-ethyl adjacent to an activating group) is 1. The van der Waals surface area contributed by atoms with Crippen molar-refractivity contribution in [2.75, 3.05) is 25.5 Å². The van der Waals surface area contributed by atoms with E-state index in [1.807, 2.05) is 12.1 Å². The number of aryl methyl sites for hydroxylation is 1. The van der Waals surface area contributed by atoms with E-state index in [-0.39, 0.29) is 18.4 Å². The van der Waals surface area contributed by atoms with Gasteiger partial charge in [0.05, 0.1) is 0 Å². The van der Waals surface area contributed by atoms with Gasteiger partial charge in [0, 0.05) is 25.7 Å². The van der Waals surface area contributed by atoms with E-state index in [0.717, 1.165) is 17.8 Å². The Morgan fingerprint density at radius 1 is 1.38 bits per heavy atom. The van der Waals surface area contributed by atoms with Gasteiger partial charge in [0.15, 0.2) is 6.61 Å². The van der Waals surface area contributed by atoms with E-state index in [0.29, 0.717) is 24.5 Å². The van der Waals surface area contributed by atoms with Gasteiger partial charge in [-0.25, -0.2) is 0 Å². The number of anilines is 1. The van der Waals surface area contributed by atoms with Crippen LogP contribution < -0.4 is 10.1 Å². The fourth-order valence-corrected chi connectivity index (χ4v) is 2.35. The largest absolute Gasteiger partial charge is 0.484 e. The molecule has 0 aliphatic carbocycles. The van der Waals surface area contributed by atoms with Crippen molar-refractivity contribution in [3.05, 3.63) is 23.8 Å². The summed E-state index contributed by atoms with van der Waals surface area (Å²) in [5, 5.41) is 2.82. The number of hydrogen-bond donors (Lipinski definition) is 1. The Hall–Kier alpha value is -2.04. The number of ether oxygens (including phenoxy) is 1. The van der Waals surface area contributed by atoms with E-state index >= 15 is 0 Å². The van der Waals surface area contributed by atoms with Gasteiger partial charge in [0.2, 0.25) is 5.91 Å². The second-order valence-electron chi connectivity index (χ2n) is 5.82. The fraction of sp³-hybridized carbons (Fsp3) is 0.500. The molecule has 0 atom stereocenters. The molecule has 5 nitrogen and oxygen atoms in total. The minimum atomic E-state index is -0.0327. The van der Waals surface area contributed by atoms with Crippen LogP contribution in [0.15, 0.2) is 18.2 Å². The lowest BCUT2D eigenvalue weighted by Gasteiger charge is -2.20. The van der Waals surface area contributed by atoms with Crippen LogP contribution in [0.5, 0.6) is 5.75 Å². The van der Waals surface area contributed by atoms with Gasteiger partial charge in [-0.1, -0.05) is 13.8 Å². The lowest BCUT2D eigenvalue weighted by Crippen LogP contribution is -2.34. The van der Waals surface area contributed by atoms with Crippen LogP contribution in [0, 0.1) is 5.92 Å². The zero-order valence-corrected chi connectivity index (χ0v) is 12.8. The number of carbonyl (C=O) groups is 2. The van der Waals surface area contributed by atoms with Crippen LogP contribution in [0.4, 0.5) is 5.69 Å². The van der Waals surface area contributed by atoms with Crippen LogP contribution in [-0.2, 0) is 16.0 Å². The molecule has 0 saturated heterocycles. The van der Waals surface area contributed by atoms with Gasteiger partial charge in [-0.3, -0.25) is 9.59 Å². The molecular weight excluding hydrogens is 268 g/mol. The number of fused-ring (bicyclic) bond motifs is 1. The maximum atomic E-state index is 11.9. The third kappa shape index (κ3) is 4.21. The van der Waals surface area contributed by atoms with Gasteiger partial charge in [-0.2, -0.15) is 0 Å². The maximum Gasteiger partial charge on any atom is 0.260 e. The monoisotopic (exact) mass is 290 g/mol. The van der Waals surface area contributed by atoms with E-state index in [2.05, 4.69) is 19.2 Å². The fourth-order valence-electron chi connectivity index (χ4n) is 2.35. The van der Waals surface area contributed by atoms with Crippen molar-refractivity contribution in [2.45, 2.75) is 26.7 Å². The molecule has 114 valence electrons. The Balaban J connectivity index is 1.92. The Morgan fingerprint density at radius 3 is 2.86 bits per heavy atom. The van der Waals surface area contributed by atoms with Gasteiger partial charge < -0.3 is 15.0 Å². The first-order valence-electron chi connectivity index (χ1n) is 7.25. The molecule has 1 aromatic carbocycles. The molecule has 1 N–H and O–H groups in total. The molecule has 5 heteroatoms. The highest BCUT2D eigenvalue weighted by molar-refractivity contribution is 5.94. The third-order valence-electron chi connectivity index (χ3n) is 3.40. The molecule has 0 bridgehead atoms. The zero-order valence-electron chi connectivity index (χ0n) is 12.8. The lowest BCUT2D eigenvalue weighted by atomic mass is 10.0. The number of nitrogens with zero attached hydrogens (tertiary/aromatic N) is 1. The van der Waals surface area contributed by atoms with Gasteiger partial charge in [-0.05, 0) is 36.1 Å². The number of carbonyl (C=O) groups excluding carboxylic acids is 2. The van der Waals surface area contributed by atoms with Crippen molar-refractivity contribution in [3.63, 3.8) is 0 Å². The summed E-state index contributed by atoms with van der Waals surface area (Å²) in [5.41, 5.74) is 1.89. The molecule has 0 saturated carbocycles. The van der Waals surface area contributed by atoms with Gasteiger partial charge in [0.1, 0.15) is 5.75 Å². The molecule has 2 rings (SSSR count). The highest BCUT2D eigenvalue weighted by atomic mass is 16.5. The molecule has 0 aromatic heterocycles. The summed E-state index contributed by atoms with van der Waals surface area (Å²) in [6.07, 6.45) is 1.20. The summed E-state index contributed by atoms with van der Waals surface area (Å²) < 4.78 is 5.56. The average Bonchev–Trinajstić information content (AvgIpc) is 2.43. The van der Waals surface area contributed by atoms with E-state index in [1.165, 1.54) is 0 Å². The minimum absolute atomic E-state index is 0.0327. The van der Waals surface area contributed by atoms with Crippen LogP contribution in [0.25, 0.3) is 0 Å². The van der Waals surface area contributed by atoms with Crippen LogP contribution in [0.1, 0.15) is 25.8 Å². The average molecular weight is 290 g/mol. The molecule has 0 fully saturated rings. The topological polar surface area (TPSA) is 58.6 Å². The van der Waals surface area contributed by atoms with Crippen molar-refractivity contribution in [1.29, 1.82) is 0 Å². The highest BCUT2D eigenvalue weighted by Gasteiger charge is 2.16. The van der Waals surface area contributed by atoms with E-state index < -0.39 is 0 Å². The van der Waals surface area contributed by atoms with Crippen molar-refractivity contribution < 1.29 is 14.3 Å². The van der Waals surface area contributed by atoms with Crippen molar-refractivity contribution >= 4 is 17.5 Å². The van der Waals surface area contributed by atoms with E-state index in [1.54, 1.807) is 18.0 Å². The zero-order chi connectivity index (χ0) is 15.4. The summed E-state index contributed by atoms with van der Waals surface area (Å²) in [5.74, 6) is 1.11. The summed E-state index contributed by atoms with van der Waals surface area (Å²) in [4.78, 5) is 24.9. The number of rotatable bonds is 5. The normalized spacial score (nSPS) is 13.6. The molecule has 0 spiro atoms. The Labute approximate surface area is 125 Å². The van der Waals surface area contributed by atoms with E-state index in [4.69, 9.17) is 4.74 Å². The number of benzene rings is 1. The van der Waals surface area contributed by atoms with Crippen LogP contribution in [0.2, 0.25) is 0 Å². The van der Waals surface area contributed by atoms with Gasteiger partial charge in [-0.15, -0.1) is 0 Å². The number of amides is 2. The molecular formula is C16H22N2O3. The molecule has 21 heavy (non-hydrogen) atoms. The molecule has 2 amide bonds. The number of nitrogens with one attached hydrogen (secondary N) is 1. The first-order valence-corrected chi connectivity index (χ1v) is 7.25. The highest BCUT2D eigenvalue weighted by Crippen LogP contribution is 2.26. The molecule has 1 aliphatic rings. The van der Waals surface area contributed by atoms with Gasteiger partial charge in [0.25, 0.3) is 5.91 Å². The maximum absolute atomic E-state index is 11.9. The van der Waals surface area contributed by atoms with Crippen LogP contribution in [-0.4, -0.2) is 36.9 Å². The first-order chi connectivity index (χ1) is 9.95. The van der Waals surface area contributed by atoms with Crippen molar-refractivity contribution in [3.8, 4) is 5.75 Å². The second-order valence-corrected chi connectivity index (χ2v) is 5.82. The summed E-state index contributed by atoms with van der Waals surface area (Å²) in [7, 11) is 1.79. The Bertz CT molecular complexity index is 540. The molecule has 1 aliphatic heterocycles. The molecule has 1 heterocycles. The predicted octanol–water partition coefficient (Wildman–Crippen LogP) is 2.06. The minimum Gasteiger partial charge on any atom is -0.484 e. The summed E-state index contributed by atoms with van der Waals surface area (Å²) >= 11 is 0. The Kier molecular flexibility index (Phi) is 4.83. The smallest absolute Gasteiger partial charge is 0.260 e. The van der Waals surface area contributed by atoms with E-state index in [9.17, 15) is 9.59 Å². The van der Waals surface area contributed by atoms with Crippen molar-refractivity contribution in [1.82, 2.24) is 4.90 Å². The third-order valence-corrected chi connectivity index (χ3v) is 3.40. The standard InChI is InChI=1S/C16H22N2O3/c1-11(2)9-18(3)16(20)10-21-13-5-6-14-12(8-13)4-7-15(19)17-14/h5-6,8,11H,4,7,9-10H2,1-3H3,(H,17,19). The molecule has 0 radical (unpaired) electrons. The first kappa shape index (κ1) is 15.4. The Morgan fingerprint density at radius 2 is 2.14 bits per heavy atom. The van der Waals surface area contributed by atoms with Crippen LogP contribution in [0.3, 0.4) is 0 Å². The summed E-state index contributed by atoms with van der Waals surface area (Å²) in [6.45, 7) is 4.90. The van der Waals surface area contributed by atoms with Crippen LogP contribution >= 0.6 is 0 Å². The SMILES string of the molecule is CC(C)CN(C)C(=O)COc1ccc2c(c1)CCC(=O)N2. The quantitative estimate of drug-likeness (QED) is 0.903. The summed E-state index contributed by atoms with van der Waals surface area (Å²) in [6, 6.07) is 5.49. The van der Waals surface area contributed by atoms with Crippen molar-refractivity contribution in [2.24, 2.45) is 5.92 Å². The molecule has 0 unspecified atom stereocenters. The predicted molar refractivity (Wildman–Crippen MR) is 81.4 cm³/mol. The second kappa shape index (κ2) is 6.61.